The Kier molecular flexibility index (Phi) is 4.58. The average Bonchev–Trinajstić information content (AvgIpc) is 2.26. The number of hydrogen-bond acceptors (Lipinski definition) is 3. The standard InChI is InChI=1S/C15H20BrNO3/c1-15(2,3)20-14(18)17-10-8-11(9-10)19-13-7-5-4-6-12(13)16/h4-7,10-11H,8-9H2,1-3H3,(H,17,18). The third-order valence-electron chi connectivity index (χ3n) is 2.95. The fourth-order valence-electron chi connectivity index (χ4n) is 1.97. The van der Waals surface area contributed by atoms with E-state index in [-0.39, 0.29) is 18.2 Å². The number of amides is 1. The molecule has 1 amide bonds. The number of carbonyl (C=O) groups is 1. The molecule has 0 saturated heterocycles. The highest BCUT2D eigenvalue weighted by Crippen LogP contribution is 2.30. The quantitative estimate of drug-likeness (QED) is 0.907. The Morgan fingerprint density at radius 3 is 2.55 bits per heavy atom. The molecule has 0 bridgehead atoms. The summed E-state index contributed by atoms with van der Waals surface area (Å²) in [5, 5.41) is 2.85. The molecule has 1 aliphatic carbocycles. The molecular formula is C15H20BrNO3. The summed E-state index contributed by atoms with van der Waals surface area (Å²) in [6.07, 6.45) is 1.40. The Morgan fingerprint density at radius 1 is 1.30 bits per heavy atom. The van der Waals surface area contributed by atoms with Crippen molar-refractivity contribution in [2.24, 2.45) is 0 Å². The van der Waals surface area contributed by atoms with Crippen molar-refractivity contribution < 1.29 is 14.3 Å². The lowest BCUT2D eigenvalue weighted by Gasteiger charge is -2.36. The number of halogens is 1. The van der Waals surface area contributed by atoms with Crippen molar-refractivity contribution in [2.75, 3.05) is 0 Å². The third kappa shape index (κ3) is 4.40. The summed E-state index contributed by atoms with van der Waals surface area (Å²) >= 11 is 3.45. The zero-order valence-corrected chi connectivity index (χ0v) is 13.6. The van der Waals surface area contributed by atoms with Crippen LogP contribution in [0.15, 0.2) is 28.7 Å². The minimum absolute atomic E-state index is 0.136. The van der Waals surface area contributed by atoms with E-state index >= 15 is 0 Å². The predicted octanol–water partition coefficient (Wildman–Crippen LogP) is 3.88. The molecule has 1 aliphatic rings. The van der Waals surface area contributed by atoms with Crippen molar-refractivity contribution in [3.8, 4) is 5.75 Å². The number of ether oxygens (including phenoxy) is 2. The summed E-state index contributed by atoms with van der Waals surface area (Å²) in [7, 11) is 0. The monoisotopic (exact) mass is 341 g/mol. The Balaban J connectivity index is 1.73. The van der Waals surface area contributed by atoms with Crippen LogP contribution in [0.1, 0.15) is 33.6 Å². The maximum Gasteiger partial charge on any atom is 0.407 e. The van der Waals surface area contributed by atoms with Crippen LogP contribution in [0.3, 0.4) is 0 Å². The summed E-state index contributed by atoms with van der Waals surface area (Å²) in [4.78, 5) is 11.6. The Labute approximate surface area is 128 Å². The summed E-state index contributed by atoms with van der Waals surface area (Å²) in [6.45, 7) is 5.56. The van der Waals surface area contributed by atoms with Crippen molar-refractivity contribution in [2.45, 2.75) is 51.4 Å². The summed E-state index contributed by atoms with van der Waals surface area (Å²) in [5.74, 6) is 0.841. The summed E-state index contributed by atoms with van der Waals surface area (Å²) in [5.41, 5.74) is -0.460. The van der Waals surface area contributed by atoms with Gasteiger partial charge in [0.15, 0.2) is 0 Å². The molecule has 5 heteroatoms. The molecule has 1 aromatic rings. The van der Waals surface area contributed by atoms with Crippen molar-refractivity contribution in [1.82, 2.24) is 5.32 Å². The molecule has 110 valence electrons. The van der Waals surface area contributed by atoms with Gasteiger partial charge in [-0.15, -0.1) is 0 Å². The van der Waals surface area contributed by atoms with Gasteiger partial charge < -0.3 is 14.8 Å². The molecule has 1 saturated carbocycles. The molecule has 0 aromatic heterocycles. The Bertz CT molecular complexity index is 478. The maximum absolute atomic E-state index is 11.6. The first-order chi connectivity index (χ1) is 9.33. The largest absolute Gasteiger partial charge is 0.489 e. The Morgan fingerprint density at radius 2 is 1.95 bits per heavy atom. The molecule has 0 radical (unpaired) electrons. The second-order valence-corrected chi connectivity index (χ2v) is 6.84. The fraction of sp³-hybridized carbons (Fsp3) is 0.533. The number of carbonyl (C=O) groups excluding carboxylic acids is 1. The highest BCUT2D eigenvalue weighted by atomic mass is 79.9. The summed E-state index contributed by atoms with van der Waals surface area (Å²) in [6, 6.07) is 7.90. The van der Waals surface area contributed by atoms with Crippen LogP contribution in [0, 0.1) is 0 Å². The van der Waals surface area contributed by atoms with E-state index in [2.05, 4.69) is 21.2 Å². The first-order valence-electron chi connectivity index (χ1n) is 6.74. The van der Waals surface area contributed by atoms with Crippen molar-refractivity contribution in [3.63, 3.8) is 0 Å². The molecule has 0 spiro atoms. The number of benzene rings is 1. The number of rotatable bonds is 3. The van der Waals surface area contributed by atoms with Crippen LogP contribution in [0.4, 0.5) is 4.79 Å². The first-order valence-corrected chi connectivity index (χ1v) is 7.53. The minimum Gasteiger partial charge on any atom is -0.489 e. The van der Waals surface area contributed by atoms with Crippen LogP contribution >= 0.6 is 15.9 Å². The topological polar surface area (TPSA) is 47.6 Å². The fourth-order valence-corrected chi connectivity index (χ4v) is 2.35. The summed E-state index contributed by atoms with van der Waals surface area (Å²) < 4.78 is 12.0. The van der Waals surface area contributed by atoms with Crippen LogP contribution in [-0.4, -0.2) is 23.8 Å². The predicted molar refractivity (Wildman–Crippen MR) is 80.9 cm³/mol. The molecule has 0 heterocycles. The van der Waals surface area contributed by atoms with Gasteiger partial charge in [-0.2, -0.15) is 0 Å². The second-order valence-electron chi connectivity index (χ2n) is 5.98. The second kappa shape index (κ2) is 6.04. The molecule has 20 heavy (non-hydrogen) atoms. The molecule has 4 nitrogen and oxygen atoms in total. The maximum atomic E-state index is 11.6. The normalized spacial score (nSPS) is 21.8. The molecule has 0 aliphatic heterocycles. The van der Waals surface area contributed by atoms with Gasteiger partial charge in [0.25, 0.3) is 0 Å². The van der Waals surface area contributed by atoms with Crippen LogP contribution in [0.2, 0.25) is 0 Å². The first kappa shape index (κ1) is 15.2. The third-order valence-corrected chi connectivity index (χ3v) is 3.60. The van der Waals surface area contributed by atoms with E-state index in [0.717, 1.165) is 23.1 Å². The van der Waals surface area contributed by atoms with Crippen LogP contribution < -0.4 is 10.1 Å². The lowest BCUT2D eigenvalue weighted by Crippen LogP contribution is -2.50. The van der Waals surface area contributed by atoms with Gasteiger partial charge in [-0.3, -0.25) is 0 Å². The number of nitrogens with one attached hydrogen (secondary N) is 1. The van der Waals surface area contributed by atoms with Gasteiger partial charge >= 0.3 is 6.09 Å². The van der Waals surface area contributed by atoms with Gasteiger partial charge in [-0.1, -0.05) is 12.1 Å². The van der Waals surface area contributed by atoms with Crippen LogP contribution in [0.5, 0.6) is 5.75 Å². The van der Waals surface area contributed by atoms with Gasteiger partial charge in [-0.25, -0.2) is 4.79 Å². The SMILES string of the molecule is CC(C)(C)OC(=O)NC1CC(Oc2ccccc2Br)C1. The van der Waals surface area contributed by atoms with Gasteiger partial charge in [-0.05, 0) is 48.8 Å². The Hall–Kier alpha value is -1.23. The molecular weight excluding hydrogens is 322 g/mol. The van der Waals surface area contributed by atoms with E-state index in [1.54, 1.807) is 0 Å². The molecule has 1 N–H and O–H groups in total. The van der Waals surface area contributed by atoms with Crippen molar-refractivity contribution in [3.05, 3.63) is 28.7 Å². The zero-order chi connectivity index (χ0) is 14.8. The van der Waals surface area contributed by atoms with Gasteiger partial charge in [0.2, 0.25) is 0 Å². The highest BCUT2D eigenvalue weighted by Gasteiger charge is 2.33. The van der Waals surface area contributed by atoms with E-state index in [9.17, 15) is 4.79 Å². The molecule has 2 rings (SSSR count). The lowest BCUT2D eigenvalue weighted by atomic mass is 9.89. The van der Waals surface area contributed by atoms with Gasteiger partial charge in [0, 0.05) is 18.9 Å². The number of para-hydroxylation sites is 1. The smallest absolute Gasteiger partial charge is 0.407 e. The van der Waals surface area contributed by atoms with Crippen LogP contribution in [0.25, 0.3) is 0 Å². The minimum atomic E-state index is -0.460. The molecule has 0 unspecified atom stereocenters. The van der Waals surface area contributed by atoms with Gasteiger partial charge in [0.1, 0.15) is 17.5 Å². The highest BCUT2D eigenvalue weighted by molar-refractivity contribution is 9.10. The number of alkyl carbamates (subject to hydrolysis) is 1. The van der Waals surface area contributed by atoms with Crippen LogP contribution in [-0.2, 0) is 4.74 Å². The molecule has 1 aromatic carbocycles. The average molecular weight is 342 g/mol. The van der Waals surface area contributed by atoms with E-state index in [1.807, 2.05) is 45.0 Å². The molecule has 1 fully saturated rings. The molecule has 0 atom stereocenters. The lowest BCUT2D eigenvalue weighted by molar-refractivity contribution is 0.0361. The van der Waals surface area contributed by atoms with E-state index in [1.165, 1.54) is 0 Å². The van der Waals surface area contributed by atoms with E-state index < -0.39 is 5.60 Å². The number of hydrogen-bond donors (Lipinski definition) is 1. The van der Waals surface area contributed by atoms with Gasteiger partial charge in [0.05, 0.1) is 4.47 Å². The van der Waals surface area contributed by atoms with E-state index in [0.29, 0.717) is 0 Å². The van der Waals surface area contributed by atoms with Crippen molar-refractivity contribution in [1.29, 1.82) is 0 Å². The van der Waals surface area contributed by atoms with E-state index in [4.69, 9.17) is 9.47 Å². The zero-order valence-electron chi connectivity index (χ0n) is 12.0. The van der Waals surface area contributed by atoms with Crippen molar-refractivity contribution >= 4 is 22.0 Å².